The number of rotatable bonds is 3. The smallest absolute Gasteiger partial charge is 0.333 e. The maximum absolute atomic E-state index is 6.79. The first-order valence-corrected chi connectivity index (χ1v) is 24.7. The fourth-order valence-corrected chi connectivity index (χ4v) is 13.0. The molecule has 2 aliphatic heterocycles. The van der Waals surface area contributed by atoms with Crippen LogP contribution in [0.3, 0.4) is 0 Å². The van der Waals surface area contributed by atoms with Gasteiger partial charge in [-0.3, -0.25) is 0 Å². The fraction of sp³-hybridized carbons (Fsp3) is 0.270. The third-order valence-electron chi connectivity index (χ3n) is 17.1. The molecule has 0 saturated carbocycles. The van der Waals surface area contributed by atoms with E-state index in [1.54, 1.807) is 0 Å². The first-order chi connectivity index (χ1) is 32.1. The summed E-state index contributed by atoms with van der Waals surface area (Å²) in [6, 6.07) is 55.8. The van der Waals surface area contributed by atoms with Crippen molar-refractivity contribution >= 4 is 78.9 Å². The van der Waals surface area contributed by atoms with Crippen LogP contribution in [0.25, 0.3) is 55.0 Å². The van der Waals surface area contributed by atoms with Gasteiger partial charge in [-0.05, 0) is 164 Å². The summed E-state index contributed by atoms with van der Waals surface area (Å²) >= 11 is 0. The summed E-state index contributed by atoms with van der Waals surface area (Å²) in [6.07, 6.45) is 4.68. The molecule has 2 aliphatic carbocycles. The van der Waals surface area contributed by atoms with Crippen molar-refractivity contribution in [1.29, 1.82) is 0 Å². The first-order valence-electron chi connectivity index (χ1n) is 24.7. The molecule has 0 amide bonds. The number of nitrogens with zero attached hydrogens (tertiary/aromatic N) is 2. The maximum atomic E-state index is 6.79. The Morgan fingerprint density at radius 3 is 1.87 bits per heavy atom. The molecule has 3 heterocycles. The Morgan fingerprint density at radius 1 is 0.478 bits per heavy atom. The molecule has 0 unspecified atom stereocenters. The van der Waals surface area contributed by atoms with E-state index in [0.717, 1.165) is 29.4 Å². The van der Waals surface area contributed by atoms with E-state index < -0.39 is 0 Å². The summed E-state index contributed by atoms with van der Waals surface area (Å²) in [7, 11) is 0. The van der Waals surface area contributed by atoms with Gasteiger partial charge in [-0.1, -0.05) is 152 Å². The maximum Gasteiger partial charge on any atom is 0.333 e. The molecule has 67 heavy (non-hydrogen) atoms. The Hall–Kier alpha value is -6.52. The number of benzene rings is 8. The lowest BCUT2D eigenvalue weighted by Gasteiger charge is -2.48. The molecule has 4 heteroatoms. The van der Waals surface area contributed by atoms with Gasteiger partial charge in [0.2, 0.25) is 0 Å². The second-order valence-electron chi connectivity index (χ2n) is 23.0. The SMILES string of the molecule is Cc1cc2c(cc1N1c3ccc(-c4ccccc4)cc3B3c4c(cc5ccccc5c41)-c1ccc4oc5ccccc5c4c1N3c1ccc3c(c1)C(C)(C)CCC3(C)C)C(C)(C)CCC2(C)C. The molecule has 0 atom stereocenters. The molecule has 0 N–H and O–H groups in total. The average molecular weight is 871 g/mol. The zero-order chi connectivity index (χ0) is 45.9. The van der Waals surface area contributed by atoms with Crippen LogP contribution in [0.4, 0.5) is 28.4 Å². The zero-order valence-electron chi connectivity index (χ0n) is 40.6. The third kappa shape index (κ3) is 5.78. The van der Waals surface area contributed by atoms with Crippen molar-refractivity contribution in [3.05, 3.63) is 173 Å². The van der Waals surface area contributed by atoms with Crippen LogP contribution < -0.4 is 20.6 Å². The standard InChI is InChI=1S/C63H59BN2O/c1-38-33-48-50(63(8,9)32-31-61(48,4)5)37-53(38)65-52-27-23-40(39-17-11-10-12-18-39)35-51(52)64-57-46(34-41-19-13-14-20-43(41)59(57)65)44-25-28-55-56(45-21-15-16-22-54(45)67-55)58(44)66(64)42-24-26-47-49(36-42)62(6,7)30-29-60(47,2)3/h10-28,33-37H,29-32H2,1-9H3. The van der Waals surface area contributed by atoms with Crippen LogP contribution in [0.1, 0.15) is 109 Å². The van der Waals surface area contributed by atoms with Crippen molar-refractivity contribution in [3.8, 4) is 22.3 Å². The van der Waals surface area contributed by atoms with Crippen molar-refractivity contribution < 1.29 is 4.42 Å². The Labute approximate surface area is 396 Å². The highest BCUT2D eigenvalue weighted by Gasteiger charge is 2.48. The van der Waals surface area contributed by atoms with Gasteiger partial charge < -0.3 is 14.1 Å². The topological polar surface area (TPSA) is 19.6 Å². The summed E-state index contributed by atoms with van der Waals surface area (Å²) in [5.41, 5.74) is 23.1. The van der Waals surface area contributed by atoms with E-state index in [1.165, 1.54) is 118 Å². The number of aryl methyl sites for hydroxylation is 1. The number of furan rings is 1. The molecule has 8 aromatic carbocycles. The van der Waals surface area contributed by atoms with E-state index in [-0.39, 0.29) is 28.5 Å². The van der Waals surface area contributed by atoms with E-state index >= 15 is 0 Å². The van der Waals surface area contributed by atoms with Gasteiger partial charge >= 0.3 is 6.85 Å². The lowest BCUT2D eigenvalue weighted by molar-refractivity contribution is 0.332. The fourth-order valence-electron chi connectivity index (χ4n) is 13.0. The van der Waals surface area contributed by atoms with Gasteiger partial charge in [-0.25, -0.2) is 0 Å². The van der Waals surface area contributed by atoms with Gasteiger partial charge in [-0.2, -0.15) is 0 Å². The molecule has 0 bridgehead atoms. The Morgan fingerprint density at radius 2 is 1.12 bits per heavy atom. The zero-order valence-corrected chi connectivity index (χ0v) is 40.6. The third-order valence-corrected chi connectivity index (χ3v) is 17.1. The minimum absolute atomic E-state index is 0.0289. The van der Waals surface area contributed by atoms with Crippen molar-refractivity contribution in [2.75, 3.05) is 9.71 Å². The van der Waals surface area contributed by atoms with Crippen LogP contribution in [0.5, 0.6) is 0 Å². The molecule has 0 fully saturated rings. The molecule has 9 aromatic rings. The van der Waals surface area contributed by atoms with Crippen LogP contribution >= 0.6 is 0 Å². The van der Waals surface area contributed by atoms with Crippen LogP contribution in [0.15, 0.2) is 150 Å². The van der Waals surface area contributed by atoms with Crippen molar-refractivity contribution in [3.63, 3.8) is 0 Å². The highest BCUT2D eigenvalue weighted by molar-refractivity contribution is 6.94. The van der Waals surface area contributed by atoms with Gasteiger partial charge in [0.05, 0.1) is 11.1 Å². The van der Waals surface area contributed by atoms with Gasteiger partial charge in [0.15, 0.2) is 0 Å². The van der Waals surface area contributed by atoms with E-state index in [1.807, 2.05) is 0 Å². The molecular formula is C63H59BN2O. The second kappa shape index (κ2) is 13.8. The molecule has 4 aliphatic rings. The predicted octanol–water partition coefficient (Wildman–Crippen LogP) is 16.1. The van der Waals surface area contributed by atoms with Gasteiger partial charge in [0, 0.05) is 39.1 Å². The number of hydrogen-bond acceptors (Lipinski definition) is 3. The molecule has 13 rings (SSSR count). The summed E-state index contributed by atoms with van der Waals surface area (Å²) in [4.78, 5) is 5.43. The Bertz CT molecular complexity index is 3570. The molecule has 0 radical (unpaired) electrons. The first kappa shape index (κ1) is 40.7. The highest BCUT2D eigenvalue weighted by Crippen LogP contribution is 2.56. The van der Waals surface area contributed by atoms with Crippen LogP contribution in [-0.2, 0) is 21.7 Å². The number of anilines is 5. The quantitative estimate of drug-likeness (QED) is 0.165. The second-order valence-corrected chi connectivity index (χ2v) is 23.0. The van der Waals surface area contributed by atoms with Crippen molar-refractivity contribution in [2.24, 2.45) is 0 Å². The molecule has 0 spiro atoms. The average Bonchev–Trinajstić information content (AvgIpc) is 3.71. The van der Waals surface area contributed by atoms with Crippen LogP contribution in [-0.4, -0.2) is 6.85 Å². The van der Waals surface area contributed by atoms with Gasteiger partial charge in [0.25, 0.3) is 0 Å². The van der Waals surface area contributed by atoms with E-state index in [2.05, 4.69) is 218 Å². The largest absolute Gasteiger partial charge is 0.456 e. The lowest BCUT2D eigenvalue weighted by atomic mass is 9.43. The molecule has 0 saturated heterocycles. The van der Waals surface area contributed by atoms with Crippen molar-refractivity contribution in [2.45, 2.75) is 110 Å². The Balaban J connectivity index is 1.20. The highest BCUT2D eigenvalue weighted by atomic mass is 16.3. The normalized spacial score (nSPS) is 18.1. The summed E-state index contributed by atoms with van der Waals surface area (Å²) in [5.74, 6) is 0. The Kier molecular flexibility index (Phi) is 8.38. The van der Waals surface area contributed by atoms with Gasteiger partial charge in [0.1, 0.15) is 11.2 Å². The predicted molar refractivity (Wildman–Crippen MR) is 286 cm³/mol. The summed E-state index contributed by atoms with van der Waals surface area (Å²) in [6.45, 7) is 21.8. The molecule has 330 valence electrons. The minimum Gasteiger partial charge on any atom is -0.456 e. The van der Waals surface area contributed by atoms with E-state index in [0.29, 0.717) is 0 Å². The van der Waals surface area contributed by atoms with Crippen LogP contribution in [0.2, 0.25) is 0 Å². The van der Waals surface area contributed by atoms with Crippen LogP contribution in [0, 0.1) is 6.92 Å². The van der Waals surface area contributed by atoms with Crippen molar-refractivity contribution in [1.82, 2.24) is 0 Å². The van der Waals surface area contributed by atoms with Gasteiger partial charge in [-0.15, -0.1) is 0 Å². The molecule has 1 aromatic heterocycles. The van der Waals surface area contributed by atoms with E-state index in [9.17, 15) is 0 Å². The minimum atomic E-state index is -0.164. The number of para-hydroxylation sites is 1. The molecular weight excluding hydrogens is 812 g/mol. The monoisotopic (exact) mass is 870 g/mol. The lowest BCUT2D eigenvalue weighted by Crippen LogP contribution is -2.61. The molecule has 3 nitrogen and oxygen atoms in total. The van der Waals surface area contributed by atoms with E-state index in [4.69, 9.17) is 4.42 Å². The summed E-state index contributed by atoms with van der Waals surface area (Å²) in [5, 5.41) is 4.83. The number of hydrogen-bond donors (Lipinski definition) is 0. The summed E-state index contributed by atoms with van der Waals surface area (Å²) < 4.78 is 6.79. The number of fused-ring (bicyclic) bond motifs is 12.